The van der Waals surface area contributed by atoms with E-state index in [2.05, 4.69) is 5.32 Å². The number of nitrogens with two attached hydrogens (primary N) is 1. The highest BCUT2D eigenvalue weighted by Crippen LogP contribution is 2.20. The maximum Gasteiger partial charge on any atom is 0.240 e. The Hall–Kier alpha value is -1.66. The van der Waals surface area contributed by atoms with Crippen molar-refractivity contribution in [2.24, 2.45) is 5.73 Å². The van der Waals surface area contributed by atoms with Crippen molar-refractivity contribution in [1.29, 1.82) is 0 Å². The smallest absolute Gasteiger partial charge is 0.240 e. The van der Waals surface area contributed by atoms with Crippen molar-refractivity contribution in [2.75, 3.05) is 19.8 Å². The van der Waals surface area contributed by atoms with Crippen molar-refractivity contribution in [3.8, 4) is 5.75 Å². The molecular weight excluding hydrogens is 275 g/mol. The van der Waals surface area contributed by atoms with E-state index in [0.29, 0.717) is 38.2 Å². The van der Waals surface area contributed by atoms with Crippen LogP contribution in [0, 0.1) is 5.82 Å². The minimum absolute atomic E-state index is 0.215. The molecule has 0 radical (unpaired) electrons. The molecule has 1 amide bonds. The first-order valence-electron chi connectivity index (χ1n) is 7.11. The molecule has 6 heteroatoms. The molecule has 0 spiro atoms. The van der Waals surface area contributed by atoms with E-state index < -0.39 is 11.4 Å². The number of benzene rings is 1. The van der Waals surface area contributed by atoms with E-state index in [4.69, 9.17) is 15.2 Å². The molecule has 21 heavy (non-hydrogen) atoms. The lowest BCUT2D eigenvalue weighted by Gasteiger charge is -2.31. The summed E-state index contributed by atoms with van der Waals surface area (Å²) in [6.07, 6.45) is 0.993. The van der Waals surface area contributed by atoms with Gasteiger partial charge in [0.1, 0.15) is 0 Å². The lowest BCUT2D eigenvalue weighted by atomic mass is 9.90. The third kappa shape index (κ3) is 3.92. The van der Waals surface area contributed by atoms with E-state index in [1.165, 1.54) is 6.07 Å². The summed E-state index contributed by atoms with van der Waals surface area (Å²) in [6, 6.07) is 4.65. The average Bonchev–Trinajstić information content (AvgIpc) is 2.48. The Kier molecular flexibility index (Phi) is 5.14. The number of amides is 1. The highest BCUT2D eigenvalue weighted by atomic mass is 19.1. The predicted octanol–water partition coefficient (Wildman–Crippen LogP) is 1.35. The fourth-order valence-electron chi connectivity index (χ4n) is 2.25. The summed E-state index contributed by atoms with van der Waals surface area (Å²) in [4.78, 5) is 12.1. The number of carbonyl (C=O) groups excluding carboxylic acids is 1. The maximum atomic E-state index is 13.7. The van der Waals surface area contributed by atoms with E-state index in [-0.39, 0.29) is 18.2 Å². The zero-order chi connectivity index (χ0) is 15.3. The minimum Gasteiger partial charge on any atom is -0.491 e. The summed E-state index contributed by atoms with van der Waals surface area (Å²) < 4.78 is 24.1. The topological polar surface area (TPSA) is 73.6 Å². The van der Waals surface area contributed by atoms with Gasteiger partial charge in [0.15, 0.2) is 11.6 Å². The van der Waals surface area contributed by atoms with Gasteiger partial charge in [0.25, 0.3) is 0 Å². The van der Waals surface area contributed by atoms with Crippen molar-refractivity contribution in [3.05, 3.63) is 29.6 Å². The molecule has 0 aromatic heterocycles. The first kappa shape index (κ1) is 15.7. The van der Waals surface area contributed by atoms with Gasteiger partial charge in [0.05, 0.1) is 12.1 Å². The van der Waals surface area contributed by atoms with Crippen LogP contribution in [0.5, 0.6) is 5.75 Å². The van der Waals surface area contributed by atoms with Crippen LogP contribution in [0.3, 0.4) is 0 Å². The molecule has 1 fully saturated rings. The Morgan fingerprint density at radius 3 is 2.81 bits per heavy atom. The Balaban J connectivity index is 1.93. The van der Waals surface area contributed by atoms with Gasteiger partial charge in [-0.25, -0.2) is 4.39 Å². The third-order valence-corrected chi connectivity index (χ3v) is 3.59. The fraction of sp³-hybridized carbons (Fsp3) is 0.533. The lowest BCUT2D eigenvalue weighted by Crippen LogP contribution is -2.56. The second kappa shape index (κ2) is 6.87. The van der Waals surface area contributed by atoms with Crippen LogP contribution in [0.4, 0.5) is 4.39 Å². The van der Waals surface area contributed by atoms with Gasteiger partial charge in [-0.2, -0.15) is 0 Å². The zero-order valence-electron chi connectivity index (χ0n) is 12.2. The first-order valence-corrected chi connectivity index (χ1v) is 7.11. The molecule has 0 aliphatic carbocycles. The Bertz CT molecular complexity index is 502. The number of rotatable bonds is 5. The molecular formula is C15H21FN2O3. The summed E-state index contributed by atoms with van der Waals surface area (Å²) in [6.45, 7) is 3.41. The van der Waals surface area contributed by atoms with Gasteiger partial charge in [0.2, 0.25) is 5.91 Å². The summed E-state index contributed by atoms with van der Waals surface area (Å²) in [5, 5.41) is 2.76. The first-order chi connectivity index (χ1) is 10.0. The molecule has 5 nitrogen and oxygen atoms in total. The van der Waals surface area contributed by atoms with E-state index in [1.54, 1.807) is 19.1 Å². The van der Waals surface area contributed by atoms with Crippen molar-refractivity contribution in [2.45, 2.75) is 31.8 Å². The normalized spacial score (nSPS) is 17.3. The monoisotopic (exact) mass is 296 g/mol. The minimum atomic E-state index is -0.887. The highest BCUT2D eigenvalue weighted by molar-refractivity contribution is 5.86. The van der Waals surface area contributed by atoms with Gasteiger partial charge in [-0.05, 0) is 37.5 Å². The Morgan fingerprint density at radius 1 is 1.48 bits per heavy atom. The van der Waals surface area contributed by atoms with Gasteiger partial charge in [-0.1, -0.05) is 6.07 Å². The van der Waals surface area contributed by atoms with Gasteiger partial charge in [0, 0.05) is 19.8 Å². The fourth-order valence-corrected chi connectivity index (χ4v) is 2.25. The van der Waals surface area contributed by atoms with Gasteiger partial charge in [-0.3, -0.25) is 4.79 Å². The van der Waals surface area contributed by atoms with Crippen LogP contribution in [0.15, 0.2) is 18.2 Å². The van der Waals surface area contributed by atoms with Crippen LogP contribution in [0.25, 0.3) is 0 Å². The molecule has 1 aromatic carbocycles. The van der Waals surface area contributed by atoms with Crippen LogP contribution >= 0.6 is 0 Å². The SMILES string of the molecule is CCOc1ccc(CNC(=O)C2(N)CCOCC2)cc1F. The second-order valence-electron chi connectivity index (χ2n) is 5.15. The van der Waals surface area contributed by atoms with Crippen molar-refractivity contribution >= 4 is 5.91 Å². The molecule has 2 rings (SSSR count). The average molecular weight is 296 g/mol. The van der Waals surface area contributed by atoms with Gasteiger partial charge < -0.3 is 20.5 Å². The molecule has 0 saturated carbocycles. The number of nitrogens with one attached hydrogen (secondary N) is 1. The molecule has 3 N–H and O–H groups in total. The zero-order valence-corrected chi connectivity index (χ0v) is 12.2. The van der Waals surface area contributed by atoms with E-state index >= 15 is 0 Å². The summed E-state index contributed by atoms with van der Waals surface area (Å²) >= 11 is 0. The predicted molar refractivity (Wildman–Crippen MR) is 76.4 cm³/mol. The van der Waals surface area contributed by atoms with Crippen LogP contribution < -0.4 is 15.8 Å². The second-order valence-corrected chi connectivity index (χ2v) is 5.15. The van der Waals surface area contributed by atoms with Crippen molar-refractivity contribution in [1.82, 2.24) is 5.32 Å². The Labute approximate surface area is 123 Å². The summed E-state index contributed by atoms with van der Waals surface area (Å²) in [5.41, 5.74) is 5.85. The van der Waals surface area contributed by atoms with E-state index in [0.717, 1.165) is 0 Å². The van der Waals surface area contributed by atoms with Crippen LogP contribution in [-0.2, 0) is 16.1 Å². The number of hydrogen-bond acceptors (Lipinski definition) is 4. The van der Waals surface area contributed by atoms with E-state index in [1.807, 2.05) is 0 Å². The van der Waals surface area contributed by atoms with Crippen LogP contribution in [0.2, 0.25) is 0 Å². The molecule has 1 aliphatic heterocycles. The van der Waals surface area contributed by atoms with E-state index in [9.17, 15) is 9.18 Å². The molecule has 1 aliphatic rings. The quantitative estimate of drug-likeness (QED) is 0.860. The molecule has 1 saturated heterocycles. The van der Waals surface area contributed by atoms with Gasteiger partial charge in [-0.15, -0.1) is 0 Å². The maximum absolute atomic E-state index is 13.7. The molecule has 1 heterocycles. The number of carbonyl (C=O) groups is 1. The molecule has 1 aromatic rings. The van der Waals surface area contributed by atoms with Crippen LogP contribution in [-0.4, -0.2) is 31.3 Å². The van der Waals surface area contributed by atoms with Gasteiger partial charge >= 0.3 is 0 Å². The van der Waals surface area contributed by atoms with Crippen LogP contribution in [0.1, 0.15) is 25.3 Å². The largest absolute Gasteiger partial charge is 0.491 e. The highest BCUT2D eigenvalue weighted by Gasteiger charge is 2.35. The third-order valence-electron chi connectivity index (χ3n) is 3.59. The molecule has 116 valence electrons. The standard InChI is InChI=1S/C15H21FN2O3/c1-2-21-13-4-3-11(9-12(13)16)10-18-14(19)15(17)5-7-20-8-6-15/h3-4,9H,2,5-8,10,17H2,1H3,(H,18,19). The summed E-state index contributed by atoms with van der Waals surface area (Å²) in [5.74, 6) is -0.440. The van der Waals surface area contributed by atoms with Crippen molar-refractivity contribution in [3.63, 3.8) is 0 Å². The summed E-state index contributed by atoms with van der Waals surface area (Å²) in [7, 11) is 0. The number of halogens is 1. The molecule has 0 bridgehead atoms. The Morgan fingerprint density at radius 2 is 2.19 bits per heavy atom. The number of ether oxygens (including phenoxy) is 2. The molecule has 0 atom stereocenters. The number of hydrogen-bond donors (Lipinski definition) is 2. The van der Waals surface area contributed by atoms with Crippen molar-refractivity contribution < 1.29 is 18.7 Å². The lowest BCUT2D eigenvalue weighted by molar-refractivity contribution is -0.129. The molecule has 0 unspecified atom stereocenters.